The number of likely N-dealkylation sites (tertiary alicyclic amines) is 1. The summed E-state index contributed by atoms with van der Waals surface area (Å²) in [6.45, 7) is 6.03. The molecule has 2 amide bonds. The number of carbonyl (C=O) groups excluding carboxylic acids is 1. The Bertz CT molecular complexity index is 775. The van der Waals surface area contributed by atoms with Gasteiger partial charge in [0.25, 0.3) is 0 Å². The van der Waals surface area contributed by atoms with Crippen molar-refractivity contribution in [1.29, 1.82) is 5.26 Å². The quantitative estimate of drug-likeness (QED) is 0.794. The SMILES string of the molecule is CC(C)(Sc1ccc(C#N)cc1)C1CCN(C(=O)Nc2cnns2)CC1. The Balaban J connectivity index is 1.54. The lowest BCUT2D eigenvalue weighted by molar-refractivity contribution is 0.173. The molecule has 8 heteroatoms. The predicted molar refractivity (Wildman–Crippen MR) is 104 cm³/mol. The summed E-state index contributed by atoms with van der Waals surface area (Å²) in [5.41, 5.74) is 0.683. The van der Waals surface area contributed by atoms with E-state index < -0.39 is 0 Å². The van der Waals surface area contributed by atoms with E-state index in [0.717, 1.165) is 25.9 Å². The van der Waals surface area contributed by atoms with E-state index in [9.17, 15) is 4.79 Å². The van der Waals surface area contributed by atoms with Crippen LogP contribution in [0, 0.1) is 17.2 Å². The maximum absolute atomic E-state index is 12.3. The smallest absolute Gasteiger partial charge is 0.322 e. The average Bonchev–Trinajstić information content (AvgIpc) is 3.15. The molecule has 1 saturated heterocycles. The third-order valence-corrected chi connectivity index (χ3v) is 6.67. The molecule has 3 rings (SSSR count). The summed E-state index contributed by atoms with van der Waals surface area (Å²) in [5, 5.41) is 16.2. The molecule has 1 aliphatic heterocycles. The Morgan fingerprint density at radius 1 is 1.35 bits per heavy atom. The standard InChI is InChI=1S/C18H21N5OS2/c1-18(2,25-15-5-3-13(11-19)4-6-15)14-7-9-23(10-8-14)17(24)21-16-12-20-22-26-16/h3-6,12,14H,7-10H2,1-2H3,(H,21,24). The molecule has 0 unspecified atom stereocenters. The minimum atomic E-state index is -0.0768. The van der Waals surface area contributed by atoms with E-state index in [2.05, 4.69) is 34.8 Å². The first kappa shape index (κ1) is 18.7. The first-order chi connectivity index (χ1) is 12.5. The van der Waals surface area contributed by atoms with E-state index in [1.165, 1.54) is 16.4 Å². The number of aromatic nitrogens is 2. The highest BCUT2D eigenvalue weighted by molar-refractivity contribution is 8.00. The number of amides is 2. The molecule has 0 aliphatic carbocycles. The predicted octanol–water partition coefficient (Wildman–Crippen LogP) is 4.22. The number of nitriles is 1. The maximum atomic E-state index is 12.3. The van der Waals surface area contributed by atoms with Gasteiger partial charge in [0.1, 0.15) is 5.00 Å². The minimum absolute atomic E-state index is 0.0678. The fourth-order valence-electron chi connectivity index (χ4n) is 3.17. The van der Waals surface area contributed by atoms with Crippen LogP contribution in [0.5, 0.6) is 0 Å². The van der Waals surface area contributed by atoms with Crippen molar-refractivity contribution in [2.24, 2.45) is 5.92 Å². The van der Waals surface area contributed by atoms with E-state index in [1.807, 2.05) is 40.9 Å². The van der Waals surface area contributed by atoms with E-state index in [1.54, 1.807) is 6.20 Å². The lowest BCUT2D eigenvalue weighted by Crippen LogP contribution is -2.44. The molecule has 1 aromatic heterocycles. The van der Waals surface area contributed by atoms with Crippen LogP contribution < -0.4 is 5.32 Å². The van der Waals surface area contributed by atoms with Gasteiger partial charge in [-0.3, -0.25) is 5.32 Å². The number of carbonyl (C=O) groups is 1. The molecule has 1 N–H and O–H groups in total. The molecule has 0 atom stereocenters. The first-order valence-corrected chi connectivity index (χ1v) is 10.1. The number of urea groups is 1. The lowest BCUT2D eigenvalue weighted by atomic mass is 9.86. The van der Waals surface area contributed by atoms with Gasteiger partial charge in [-0.25, -0.2) is 4.79 Å². The molecule has 0 bridgehead atoms. The van der Waals surface area contributed by atoms with Crippen LogP contribution in [0.4, 0.5) is 9.80 Å². The van der Waals surface area contributed by atoms with Gasteiger partial charge in [0.2, 0.25) is 0 Å². The van der Waals surface area contributed by atoms with Crippen LogP contribution in [0.25, 0.3) is 0 Å². The van der Waals surface area contributed by atoms with E-state index in [0.29, 0.717) is 16.5 Å². The van der Waals surface area contributed by atoms with Gasteiger partial charge < -0.3 is 4.90 Å². The molecule has 0 spiro atoms. The number of piperidine rings is 1. The van der Waals surface area contributed by atoms with Gasteiger partial charge in [0.05, 0.1) is 17.8 Å². The van der Waals surface area contributed by atoms with Crippen molar-refractivity contribution < 1.29 is 4.79 Å². The van der Waals surface area contributed by atoms with Crippen LogP contribution in [-0.2, 0) is 0 Å². The van der Waals surface area contributed by atoms with Gasteiger partial charge in [-0.15, -0.1) is 16.9 Å². The van der Waals surface area contributed by atoms with Crippen molar-refractivity contribution in [2.45, 2.75) is 36.3 Å². The Hall–Kier alpha value is -2.11. The van der Waals surface area contributed by atoms with Gasteiger partial charge in [0, 0.05) is 34.3 Å². The molecule has 0 radical (unpaired) electrons. The molecule has 1 aliphatic rings. The number of nitrogens with one attached hydrogen (secondary N) is 1. The van der Waals surface area contributed by atoms with Crippen LogP contribution in [0.2, 0.25) is 0 Å². The highest BCUT2D eigenvalue weighted by Crippen LogP contribution is 2.42. The summed E-state index contributed by atoms with van der Waals surface area (Å²) in [4.78, 5) is 15.3. The van der Waals surface area contributed by atoms with Crippen molar-refractivity contribution in [3.8, 4) is 6.07 Å². The van der Waals surface area contributed by atoms with Crippen molar-refractivity contribution in [3.05, 3.63) is 36.0 Å². The topological polar surface area (TPSA) is 81.9 Å². The molecule has 2 heterocycles. The van der Waals surface area contributed by atoms with Crippen LogP contribution in [-0.4, -0.2) is 38.4 Å². The van der Waals surface area contributed by atoms with Gasteiger partial charge in [0.15, 0.2) is 0 Å². The zero-order valence-corrected chi connectivity index (χ0v) is 16.4. The molecule has 136 valence electrons. The third-order valence-electron chi connectivity index (χ3n) is 4.72. The van der Waals surface area contributed by atoms with Crippen molar-refractivity contribution in [2.75, 3.05) is 18.4 Å². The summed E-state index contributed by atoms with van der Waals surface area (Å²) in [5.74, 6) is 0.525. The van der Waals surface area contributed by atoms with Gasteiger partial charge in [-0.05, 0) is 43.0 Å². The summed E-state index contributed by atoms with van der Waals surface area (Å²) < 4.78 is 3.82. The number of rotatable bonds is 4. The van der Waals surface area contributed by atoms with Crippen molar-refractivity contribution in [3.63, 3.8) is 0 Å². The molecule has 26 heavy (non-hydrogen) atoms. The normalized spacial score (nSPS) is 15.5. The van der Waals surface area contributed by atoms with Crippen LogP contribution in [0.3, 0.4) is 0 Å². The van der Waals surface area contributed by atoms with Crippen molar-refractivity contribution >= 4 is 34.3 Å². The summed E-state index contributed by atoms with van der Waals surface area (Å²) in [6.07, 6.45) is 3.52. The molecule has 2 aromatic rings. The Morgan fingerprint density at radius 3 is 2.62 bits per heavy atom. The third kappa shape index (κ3) is 4.54. The van der Waals surface area contributed by atoms with Gasteiger partial charge in [-0.2, -0.15) is 5.26 Å². The number of hydrogen-bond donors (Lipinski definition) is 1. The second-order valence-electron chi connectivity index (χ2n) is 6.81. The fourth-order valence-corrected chi connectivity index (χ4v) is 4.86. The van der Waals surface area contributed by atoms with Gasteiger partial charge in [-0.1, -0.05) is 18.3 Å². The molecule has 1 aromatic carbocycles. The molecule has 0 saturated carbocycles. The lowest BCUT2D eigenvalue weighted by Gasteiger charge is -2.40. The second-order valence-corrected chi connectivity index (χ2v) is 9.33. The minimum Gasteiger partial charge on any atom is -0.324 e. The average molecular weight is 388 g/mol. The van der Waals surface area contributed by atoms with Crippen molar-refractivity contribution in [1.82, 2.24) is 14.5 Å². The second kappa shape index (κ2) is 8.06. The van der Waals surface area contributed by atoms with E-state index in [-0.39, 0.29) is 10.8 Å². The molecule has 1 fully saturated rings. The summed E-state index contributed by atoms with van der Waals surface area (Å²) in [6, 6.07) is 9.82. The Labute approximate surface area is 161 Å². The zero-order chi connectivity index (χ0) is 18.6. The largest absolute Gasteiger partial charge is 0.324 e. The maximum Gasteiger partial charge on any atom is 0.322 e. The Kier molecular flexibility index (Phi) is 5.79. The highest BCUT2D eigenvalue weighted by atomic mass is 32.2. The molecular formula is C18H21N5OS2. The zero-order valence-electron chi connectivity index (χ0n) is 14.8. The van der Waals surface area contributed by atoms with Crippen LogP contribution in [0.15, 0.2) is 35.4 Å². The Morgan fingerprint density at radius 2 is 2.04 bits per heavy atom. The monoisotopic (exact) mass is 387 g/mol. The number of hydrogen-bond acceptors (Lipinski definition) is 6. The fraction of sp³-hybridized carbons (Fsp3) is 0.444. The summed E-state index contributed by atoms with van der Waals surface area (Å²) >= 11 is 3.02. The van der Waals surface area contributed by atoms with Crippen LogP contribution >= 0.6 is 23.3 Å². The van der Waals surface area contributed by atoms with E-state index >= 15 is 0 Å². The van der Waals surface area contributed by atoms with E-state index in [4.69, 9.17) is 5.26 Å². The molecular weight excluding hydrogens is 366 g/mol. The number of nitrogens with zero attached hydrogens (tertiary/aromatic N) is 4. The number of anilines is 1. The number of benzene rings is 1. The molecule has 6 nitrogen and oxygen atoms in total. The van der Waals surface area contributed by atoms with Crippen LogP contribution in [0.1, 0.15) is 32.3 Å². The highest BCUT2D eigenvalue weighted by Gasteiger charge is 2.34. The van der Waals surface area contributed by atoms with Gasteiger partial charge >= 0.3 is 6.03 Å². The number of thioether (sulfide) groups is 1. The first-order valence-electron chi connectivity index (χ1n) is 8.50. The summed E-state index contributed by atoms with van der Waals surface area (Å²) in [7, 11) is 0.